The summed E-state index contributed by atoms with van der Waals surface area (Å²) in [4.78, 5) is 27.2. The number of alkyl halides is 3. The molecule has 0 aliphatic carbocycles. The third kappa shape index (κ3) is 4.34. The lowest BCUT2D eigenvalue weighted by molar-refractivity contribution is -0.137. The van der Waals surface area contributed by atoms with E-state index in [1.165, 1.54) is 6.07 Å². The van der Waals surface area contributed by atoms with Crippen molar-refractivity contribution in [1.29, 1.82) is 0 Å². The molecule has 1 aromatic carbocycles. The first-order valence-corrected chi connectivity index (χ1v) is 9.58. The second-order valence-corrected chi connectivity index (χ2v) is 8.17. The summed E-state index contributed by atoms with van der Waals surface area (Å²) in [7, 11) is 0. The molecule has 4 nitrogen and oxygen atoms in total. The fourth-order valence-electron chi connectivity index (χ4n) is 3.26. The van der Waals surface area contributed by atoms with Crippen LogP contribution in [0.2, 0.25) is 0 Å². The van der Waals surface area contributed by atoms with Crippen LogP contribution in [0.1, 0.15) is 38.2 Å². The van der Waals surface area contributed by atoms with E-state index in [1.807, 2.05) is 0 Å². The van der Waals surface area contributed by atoms with Crippen molar-refractivity contribution in [3.8, 4) is 0 Å². The van der Waals surface area contributed by atoms with Gasteiger partial charge in [-0.3, -0.25) is 9.59 Å². The number of benzene rings is 1. The second-order valence-electron chi connectivity index (χ2n) is 6.93. The molecule has 26 heavy (non-hydrogen) atoms. The van der Waals surface area contributed by atoms with E-state index in [9.17, 15) is 22.8 Å². The maximum atomic E-state index is 12.8. The van der Waals surface area contributed by atoms with E-state index < -0.39 is 22.9 Å². The van der Waals surface area contributed by atoms with E-state index in [2.05, 4.69) is 12.2 Å². The van der Waals surface area contributed by atoms with Crippen molar-refractivity contribution in [3.63, 3.8) is 0 Å². The Morgan fingerprint density at radius 2 is 2.08 bits per heavy atom. The van der Waals surface area contributed by atoms with Crippen molar-refractivity contribution in [1.82, 2.24) is 4.90 Å². The predicted molar refractivity (Wildman–Crippen MR) is 93.9 cm³/mol. The van der Waals surface area contributed by atoms with E-state index in [4.69, 9.17) is 0 Å². The van der Waals surface area contributed by atoms with Gasteiger partial charge in [0.1, 0.15) is 0 Å². The lowest BCUT2D eigenvalue weighted by Crippen LogP contribution is -2.38. The summed E-state index contributed by atoms with van der Waals surface area (Å²) in [6.45, 7) is 3.57. The Bertz CT molecular complexity index is 708. The zero-order valence-electron chi connectivity index (χ0n) is 14.4. The number of thioether (sulfide) groups is 1. The topological polar surface area (TPSA) is 49.4 Å². The molecule has 2 aliphatic rings. The molecule has 2 aliphatic heterocycles. The van der Waals surface area contributed by atoms with E-state index in [1.54, 1.807) is 4.90 Å². The van der Waals surface area contributed by atoms with Crippen molar-refractivity contribution in [2.45, 2.75) is 48.9 Å². The standard InChI is InChI=1S/C18H21F3N2O2S/c1-11-3-2-7-23(8-6-11)16(24)10-15-17(25)22-13-9-12(18(19,20)21)4-5-14(13)26-15/h4-5,9,11,15H,2-3,6-8,10H2,1H3,(H,22,25)/t11-,15+/m0/s1. The van der Waals surface area contributed by atoms with Gasteiger partial charge in [0.2, 0.25) is 11.8 Å². The molecule has 2 atom stereocenters. The van der Waals surface area contributed by atoms with Gasteiger partial charge in [-0.2, -0.15) is 13.2 Å². The molecule has 1 N–H and O–H groups in total. The van der Waals surface area contributed by atoms with Crippen LogP contribution in [0.5, 0.6) is 0 Å². The maximum absolute atomic E-state index is 12.8. The van der Waals surface area contributed by atoms with Crippen LogP contribution >= 0.6 is 11.8 Å². The summed E-state index contributed by atoms with van der Waals surface area (Å²) in [6, 6.07) is 3.29. The number of fused-ring (bicyclic) bond motifs is 1. The molecule has 1 fully saturated rings. The molecule has 3 rings (SSSR count). The summed E-state index contributed by atoms with van der Waals surface area (Å²) in [5.74, 6) is 0.107. The zero-order valence-corrected chi connectivity index (χ0v) is 15.3. The van der Waals surface area contributed by atoms with Gasteiger partial charge in [-0.15, -0.1) is 11.8 Å². The number of carbonyl (C=O) groups is 2. The van der Waals surface area contributed by atoms with Gasteiger partial charge in [-0.1, -0.05) is 6.92 Å². The van der Waals surface area contributed by atoms with Gasteiger partial charge in [0.05, 0.1) is 16.5 Å². The van der Waals surface area contributed by atoms with Gasteiger partial charge in [-0.05, 0) is 43.4 Å². The Kier molecular flexibility index (Phi) is 5.50. The van der Waals surface area contributed by atoms with Gasteiger partial charge in [0.25, 0.3) is 0 Å². The number of amides is 2. The average Bonchev–Trinajstić information content (AvgIpc) is 2.79. The molecule has 0 unspecified atom stereocenters. The van der Waals surface area contributed by atoms with Crippen LogP contribution in [0.15, 0.2) is 23.1 Å². The van der Waals surface area contributed by atoms with Crippen LogP contribution in [0.25, 0.3) is 0 Å². The predicted octanol–water partition coefficient (Wildman–Crippen LogP) is 4.16. The quantitative estimate of drug-likeness (QED) is 0.831. The largest absolute Gasteiger partial charge is 0.416 e. The van der Waals surface area contributed by atoms with E-state index >= 15 is 0 Å². The fourth-order valence-corrected chi connectivity index (χ4v) is 4.34. The molecule has 0 radical (unpaired) electrons. The highest BCUT2D eigenvalue weighted by atomic mass is 32.2. The van der Waals surface area contributed by atoms with Crippen molar-refractivity contribution in [2.24, 2.45) is 5.92 Å². The average molecular weight is 386 g/mol. The molecule has 0 saturated carbocycles. The third-order valence-electron chi connectivity index (χ3n) is 4.86. The van der Waals surface area contributed by atoms with Crippen molar-refractivity contribution in [3.05, 3.63) is 23.8 Å². The van der Waals surface area contributed by atoms with Gasteiger partial charge < -0.3 is 10.2 Å². The highest BCUT2D eigenvalue weighted by molar-refractivity contribution is 8.01. The molecular weight excluding hydrogens is 365 g/mol. The summed E-state index contributed by atoms with van der Waals surface area (Å²) in [6.07, 6.45) is -1.39. The zero-order chi connectivity index (χ0) is 18.9. The fraction of sp³-hybridized carbons (Fsp3) is 0.556. The molecule has 142 valence electrons. The molecule has 2 amide bonds. The lowest BCUT2D eigenvalue weighted by atomic mass is 10.0. The number of anilines is 1. The number of likely N-dealkylation sites (tertiary alicyclic amines) is 1. The lowest BCUT2D eigenvalue weighted by Gasteiger charge is -2.27. The van der Waals surface area contributed by atoms with Crippen LogP contribution in [0.4, 0.5) is 18.9 Å². The van der Waals surface area contributed by atoms with E-state index in [0.29, 0.717) is 23.9 Å². The van der Waals surface area contributed by atoms with Gasteiger partial charge in [-0.25, -0.2) is 0 Å². The highest BCUT2D eigenvalue weighted by Crippen LogP contribution is 2.40. The Labute approximate surface area is 154 Å². The summed E-state index contributed by atoms with van der Waals surface area (Å²) in [5.41, 5.74) is -0.646. The minimum atomic E-state index is -4.46. The Morgan fingerprint density at radius 3 is 2.81 bits per heavy atom. The number of hydrogen-bond acceptors (Lipinski definition) is 3. The SMILES string of the molecule is C[C@H]1CCCN(C(=O)C[C@H]2Sc3ccc(C(F)(F)F)cc3NC2=O)CC1. The first-order chi connectivity index (χ1) is 12.2. The van der Waals surface area contributed by atoms with Crippen LogP contribution in [0, 0.1) is 5.92 Å². The van der Waals surface area contributed by atoms with Crippen LogP contribution < -0.4 is 5.32 Å². The molecule has 0 aromatic heterocycles. The third-order valence-corrected chi connectivity index (χ3v) is 6.13. The monoisotopic (exact) mass is 386 g/mol. The van der Waals surface area contributed by atoms with Gasteiger partial charge >= 0.3 is 6.18 Å². The summed E-state index contributed by atoms with van der Waals surface area (Å²) >= 11 is 1.16. The number of rotatable bonds is 2. The Hall–Kier alpha value is -1.70. The van der Waals surface area contributed by atoms with Crippen LogP contribution in [0.3, 0.4) is 0 Å². The number of nitrogens with one attached hydrogen (secondary N) is 1. The molecule has 2 heterocycles. The molecule has 1 aromatic rings. The molecule has 1 saturated heterocycles. The second kappa shape index (κ2) is 7.50. The number of halogens is 3. The Balaban J connectivity index is 1.67. The van der Waals surface area contributed by atoms with Gasteiger partial charge in [0, 0.05) is 24.4 Å². The smallest absolute Gasteiger partial charge is 0.343 e. The molecular formula is C18H21F3N2O2S. The molecule has 0 spiro atoms. The van der Waals surface area contributed by atoms with Crippen molar-refractivity contribution >= 4 is 29.3 Å². The molecule has 0 bridgehead atoms. The number of carbonyl (C=O) groups excluding carboxylic acids is 2. The van der Waals surface area contributed by atoms with Crippen molar-refractivity contribution < 1.29 is 22.8 Å². The van der Waals surface area contributed by atoms with Crippen LogP contribution in [-0.2, 0) is 15.8 Å². The minimum absolute atomic E-state index is 0.0609. The maximum Gasteiger partial charge on any atom is 0.416 e. The summed E-state index contributed by atoms with van der Waals surface area (Å²) < 4.78 is 38.4. The minimum Gasteiger partial charge on any atom is -0.343 e. The summed E-state index contributed by atoms with van der Waals surface area (Å²) in [5, 5.41) is 1.90. The van der Waals surface area contributed by atoms with Crippen LogP contribution in [-0.4, -0.2) is 35.1 Å². The molecule has 8 heteroatoms. The number of nitrogens with zero attached hydrogens (tertiary/aromatic N) is 1. The Morgan fingerprint density at radius 1 is 1.31 bits per heavy atom. The van der Waals surface area contributed by atoms with E-state index in [0.717, 1.165) is 43.2 Å². The van der Waals surface area contributed by atoms with Gasteiger partial charge in [0.15, 0.2) is 0 Å². The number of hydrogen-bond donors (Lipinski definition) is 1. The first-order valence-electron chi connectivity index (χ1n) is 8.70. The highest BCUT2D eigenvalue weighted by Gasteiger charge is 2.35. The van der Waals surface area contributed by atoms with Crippen molar-refractivity contribution in [2.75, 3.05) is 18.4 Å². The normalized spacial score (nSPS) is 23.8. The first kappa shape index (κ1) is 19.1. The van der Waals surface area contributed by atoms with E-state index in [-0.39, 0.29) is 18.0 Å².